The van der Waals surface area contributed by atoms with E-state index in [0.717, 1.165) is 5.69 Å². The first-order valence-corrected chi connectivity index (χ1v) is 12.6. The van der Waals surface area contributed by atoms with Gasteiger partial charge < -0.3 is 19.4 Å². The lowest BCUT2D eigenvalue weighted by Gasteiger charge is -2.12. The summed E-state index contributed by atoms with van der Waals surface area (Å²) in [6, 6.07) is 18.3. The minimum absolute atomic E-state index is 0.0516. The van der Waals surface area contributed by atoms with E-state index >= 15 is 0 Å². The Balaban J connectivity index is 1.72. The molecule has 0 saturated carbocycles. The van der Waals surface area contributed by atoms with E-state index in [2.05, 4.69) is 10.0 Å². The van der Waals surface area contributed by atoms with E-state index in [1.165, 1.54) is 31.4 Å². The monoisotopic (exact) mass is 513 g/mol. The highest BCUT2D eigenvalue weighted by Crippen LogP contribution is 2.35. The van der Waals surface area contributed by atoms with Crippen LogP contribution in [0.1, 0.15) is 17.4 Å². The van der Waals surface area contributed by atoms with Crippen molar-refractivity contribution in [2.45, 2.75) is 18.4 Å². The predicted molar refractivity (Wildman–Crippen MR) is 137 cm³/mol. The number of aromatic nitrogens is 1. The number of hydrogen-bond donors (Lipinski definition) is 2. The summed E-state index contributed by atoms with van der Waals surface area (Å²) in [4.78, 5) is 13.1. The van der Waals surface area contributed by atoms with Gasteiger partial charge in [0.15, 0.2) is 0 Å². The number of rotatable bonds is 8. The highest BCUT2D eigenvalue weighted by molar-refractivity contribution is 7.90. The molecule has 10 heteroatoms. The van der Waals surface area contributed by atoms with Crippen LogP contribution in [0.3, 0.4) is 0 Å². The standard InChI is InChI=1S/C25H24ClN3O5S/c1-4-29-23(25(30)28-35(31,32)19-10-8-17(33-2)9-11-19)15-20-22(13-12-21(26)24(20)29)27-16-6-5-7-18(14-16)34-3/h5-15,27H,4H2,1-3H3,(H,28,30). The zero-order valence-electron chi connectivity index (χ0n) is 19.3. The van der Waals surface area contributed by atoms with Crippen LogP contribution in [0.5, 0.6) is 11.5 Å². The summed E-state index contributed by atoms with van der Waals surface area (Å²) in [5, 5.41) is 4.44. The number of carbonyl (C=O) groups is 1. The van der Waals surface area contributed by atoms with Gasteiger partial charge in [-0.15, -0.1) is 0 Å². The number of hydrogen-bond acceptors (Lipinski definition) is 6. The van der Waals surface area contributed by atoms with E-state index in [1.807, 2.05) is 31.2 Å². The molecular weight excluding hydrogens is 490 g/mol. The molecule has 1 heterocycles. The topological polar surface area (TPSA) is 98.7 Å². The van der Waals surface area contributed by atoms with Crippen LogP contribution in [0.25, 0.3) is 10.9 Å². The summed E-state index contributed by atoms with van der Waals surface area (Å²) in [5.41, 5.74) is 2.28. The van der Waals surface area contributed by atoms with Crippen molar-refractivity contribution in [3.05, 3.63) is 77.4 Å². The van der Waals surface area contributed by atoms with Crippen LogP contribution in [0, 0.1) is 0 Å². The maximum absolute atomic E-state index is 13.2. The van der Waals surface area contributed by atoms with E-state index in [1.54, 1.807) is 29.9 Å². The molecule has 0 unspecified atom stereocenters. The normalized spacial score (nSPS) is 11.3. The van der Waals surface area contributed by atoms with Gasteiger partial charge in [0.25, 0.3) is 15.9 Å². The van der Waals surface area contributed by atoms with Crippen LogP contribution in [0.4, 0.5) is 11.4 Å². The molecule has 182 valence electrons. The number of amides is 1. The van der Waals surface area contributed by atoms with Crippen LogP contribution >= 0.6 is 11.6 Å². The molecule has 3 aromatic carbocycles. The number of ether oxygens (including phenoxy) is 2. The van der Waals surface area contributed by atoms with Crippen molar-refractivity contribution in [1.82, 2.24) is 9.29 Å². The minimum Gasteiger partial charge on any atom is -0.497 e. The highest BCUT2D eigenvalue weighted by Gasteiger charge is 2.24. The van der Waals surface area contributed by atoms with Crippen molar-refractivity contribution in [1.29, 1.82) is 0 Å². The summed E-state index contributed by atoms with van der Waals surface area (Å²) in [6.07, 6.45) is 0. The maximum Gasteiger partial charge on any atom is 0.281 e. The fourth-order valence-electron chi connectivity index (χ4n) is 3.81. The van der Waals surface area contributed by atoms with E-state index in [4.69, 9.17) is 21.1 Å². The molecule has 0 aliphatic heterocycles. The van der Waals surface area contributed by atoms with Gasteiger partial charge in [0.1, 0.15) is 17.2 Å². The molecule has 1 amide bonds. The van der Waals surface area contributed by atoms with E-state index in [9.17, 15) is 13.2 Å². The van der Waals surface area contributed by atoms with Crippen molar-refractivity contribution >= 4 is 49.8 Å². The van der Waals surface area contributed by atoms with Crippen LogP contribution in [-0.2, 0) is 16.6 Å². The number of methoxy groups -OCH3 is 2. The van der Waals surface area contributed by atoms with Gasteiger partial charge in [-0.25, -0.2) is 13.1 Å². The Kier molecular flexibility index (Phi) is 6.90. The van der Waals surface area contributed by atoms with Crippen molar-refractivity contribution in [2.75, 3.05) is 19.5 Å². The number of halogens is 1. The minimum atomic E-state index is -4.10. The quantitative estimate of drug-likeness (QED) is 0.336. The van der Waals surface area contributed by atoms with Crippen molar-refractivity contribution < 1.29 is 22.7 Å². The third kappa shape index (κ3) is 4.91. The first kappa shape index (κ1) is 24.4. The van der Waals surface area contributed by atoms with Gasteiger partial charge in [0.05, 0.1) is 29.7 Å². The van der Waals surface area contributed by atoms with Crippen molar-refractivity contribution in [3.63, 3.8) is 0 Å². The number of anilines is 2. The number of nitrogens with one attached hydrogen (secondary N) is 2. The zero-order chi connectivity index (χ0) is 25.2. The number of fused-ring (bicyclic) bond motifs is 1. The Hall–Kier alpha value is -3.69. The highest BCUT2D eigenvalue weighted by atomic mass is 35.5. The van der Waals surface area contributed by atoms with Gasteiger partial charge in [0, 0.05) is 29.4 Å². The molecule has 4 aromatic rings. The van der Waals surface area contributed by atoms with Crippen LogP contribution in [0.2, 0.25) is 5.02 Å². The Morgan fingerprint density at radius 2 is 1.69 bits per heavy atom. The molecule has 0 atom stereocenters. The molecule has 0 spiro atoms. The average molecular weight is 514 g/mol. The van der Waals surface area contributed by atoms with Gasteiger partial charge in [0.2, 0.25) is 0 Å². The number of sulfonamides is 1. The van der Waals surface area contributed by atoms with Gasteiger partial charge in [-0.3, -0.25) is 4.79 Å². The van der Waals surface area contributed by atoms with Crippen LogP contribution < -0.4 is 19.5 Å². The second kappa shape index (κ2) is 9.89. The fourth-order valence-corrected chi connectivity index (χ4v) is 5.03. The van der Waals surface area contributed by atoms with Crippen LogP contribution in [-0.4, -0.2) is 33.1 Å². The average Bonchev–Trinajstić information content (AvgIpc) is 3.27. The first-order chi connectivity index (χ1) is 16.8. The summed E-state index contributed by atoms with van der Waals surface area (Å²) in [7, 11) is -1.03. The molecule has 1 aromatic heterocycles. The third-order valence-corrected chi connectivity index (χ3v) is 7.16. The van der Waals surface area contributed by atoms with Gasteiger partial charge >= 0.3 is 0 Å². The Morgan fingerprint density at radius 1 is 0.971 bits per heavy atom. The summed E-state index contributed by atoms with van der Waals surface area (Å²) in [5.74, 6) is 0.435. The summed E-state index contributed by atoms with van der Waals surface area (Å²) < 4.78 is 39.9. The molecular formula is C25H24ClN3O5S. The molecule has 8 nitrogen and oxygen atoms in total. The lowest BCUT2D eigenvalue weighted by atomic mass is 10.2. The Labute approximate surface area is 208 Å². The number of carbonyl (C=O) groups excluding carboxylic acids is 1. The molecule has 35 heavy (non-hydrogen) atoms. The molecule has 2 N–H and O–H groups in total. The molecule has 0 saturated heterocycles. The second-order valence-corrected chi connectivity index (χ2v) is 9.69. The Bertz CT molecular complexity index is 1500. The van der Waals surface area contributed by atoms with Crippen molar-refractivity contribution in [2.24, 2.45) is 0 Å². The molecule has 0 fully saturated rings. The lowest BCUT2D eigenvalue weighted by molar-refractivity contribution is 0.0973. The Morgan fingerprint density at radius 3 is 2.34 bits per heavy atom. The van der Waals surface area contributed by atoms with Crippen molar-refractivity contribution in [3.8, 4) is 11.5 Å². The third-order valence-electron chi connectivity index (χ3n) is 5.50. The summed E-state index contributed by atoms with van der Waals surface area (Å²) in [6.45, 7) is 2.25. The predicted octanol–water partition coefficient (Wildman–Crippen LogP) is 5.19. The van der Waals surface area contributed by atoms with E-state index in [-0.39, 0.29) is 10.6 Å². The van der Waals surface area contributed by atoms with E-state index in [0.29, 0.717) is 39.7 Å². The van der Waals surface area contributed by atoms with E-state index < -0.39 is 15.9 Å². The van der Waals surface area contributed by atoms with Gasteiger partial charge in [-0.1, -0.05) is 17.7 Å². The summed E-state index contributed by atoms with van der Waals surface area (Å²) >= 11 is 6.51. The smallest absolute Gasteiger partial charge is 0.281 e. The SMILES string of the molecule is CCn1c(C(=O)NS(=O)(=O)c2ccc(OC)cc2)cc2c(Nc3cccc(OC)c3)ccc(Cl)c21. The second-order valence-electron chi connectivity index (χ2n) is 7.60. The van der Waals surface area contributed by atoms with Crippen LogP contribution in [0.15, 0.2) is 71.6 Å². The number of benzene rings is 3. The molecule has 0 aliphatic carbocycles. The van der Waals surface area contributed by atoms with Gasteiger partial charge in [-0.05, 0) is 61.5 Å². The molecule has 0 bridgehead atoms. The lowest BCUT2D eigenvalue weighted by Crippen LogP contribution is -2.32. The maximum atomic E-state index is 13.2. The largest absolute Gasteiger partial charge is 0.497 e. The number of nitrogens with zero attached hydrogens (tertiary/aromatic N) is 1. The molecule has 0 aliphatic rings. The van der Waals surface area contributed by atoms with Gasteiger partial charge in [-0.2, -0.15) is 0 Å². The first-order valence-electron chi connectivity index (χ1n) is 10.7. The molecule has 0 radical (unpaired) electrons. The number of aryl methyl sites for hydroxylation is 1. The fraction of sp³-hybridized carbons (Fsp3) is 0.160. The zero-order valence-corrected chi connectivity index (χ0v) is 20.9. The molecule has 4 rings (SSSR count).